The van der Waals surface area contributed by atoms with Gasteiger partial charge in [-0.15, -0.1) is 0 Å². The second-order valence-corrected chi connectivity index (χ2v) is 5.99. The predicted molar refractivity (Wildman–Crippen MR) is 94.0 cm³/mol. The predicted octanol–water partition coefficient (Wildman–Crippen LogP) is 4.34. The van der Waals surface area contributed by atoms with Gasteiger partial charge in [0.25, 0.3) is 0 Å². The van der Waals surface area contributed by atoms with Gasteiger partial charge in [-0.3, -0.25) is 0 Å². The minimum Gasteiger partial charge on any atom is -0.362 e. The second kappa shape index (κ2) is 8.32. The SMILES string of the molecule is Fc1ccc(CNC(=S)NCCc2ccc(Cl)cc2)cc1Cl. The molecule has 0 atom stereocenters. The van der Waals surface area contributed by atoms with E-state index in [2.05, 4.69) is 10.6 Å². The van der Waals surface area contributed by atoms with Gasteiger partial charge in [-0.05, 0) is 54.0 Å². The molecule has 2 aromatic carbocycles. The Balaban J connectivity index is 1.71. The number of halogens is 3. The van der Waals surface area contributed by atoms with Crippen molar-refractivity contribution in [2.75, 3.05) is 6.54 Å². The van der Waals surface area contributed by atoms with Crippen molar-refractivity contribution < 1.29 is 4.39 Å². The van der Waals surface area contributed by atoms with Crippen LogP contribution in [-0.2, 0) is 13.0 Å². The van der Waals surface area contributed by atoms with Gasteiger partial charge in [0.1, 0.15) is 5.82 Å². The zero-order valence-corrected chi connectivity index (χ0v) is 14.0. The Kier molecular flexibility index (Phi) is 6.43. The van der Waals surface area contributed by atoms with E-state index in [-0.39, 0.29) is 5.02 Å². The summed E-state index contributed by atoms with van der Waals surface area (Å²) in [6.45, 7) is 1.21. The first-order valence-corrected chi connectivity index (χ1v) is 7.91. The van der Waals surface area contributed by atoms with Gasteiger partial charge < -0.3 is 10.6 Å². The Morgan fingerprint density at radius 1 is 1.00 bits per heavy atom. The highest BCUT2D eigenvalue weighted by molar-refractivity contribution is 7.80. The summed E-state index contributed by atoms with van der Waals surface area (Å²) in [6, 6.07) is 12.3. The van der Waals surface area contributed by atoms with E-state index < -0.39 is 5.82 Å². The third-order valence-electron chi connectivity index (χ3n) is 3.05. The van der Waals surface area contributed by atoms with E-state index in [1.54, 1.807) is 12.1 Å². The van der Waals surface area contributed by atoms with Crippen molar-refractivity contribution in [3.63, 3.8) is 0 Å². The average molecular weight is 357 g/mol. The van der Waals surface area contributed by atoms with Gasteiger partial charge >= 0.3 is 0 Å². The Bertz CT molecular complexity index is 647. The van der Waals surface area contributed by atoms with Gasteiger partial charge in [0.05, 0.1) is 5.02 Å². The third kappa shape index (κ3) is 5.44. The van der Waals surface area contributed by atoms with E-state index >= 15 is 0 Å². The normalized spacial score (nSPS) is 10.3. The van der Waals surface area contributed by atoms with Crippen LogP contribution < -0.4 is 10.6 Å². The average Bonchev–Trinajstić information content (AvgIpc) is 2.50. The van der Waals surface area contributed by atoms with Gasteiger partial charge in [-0.25, -0.2) is 4.39 Å². The molecule has 6 heteroatoms. The molecular formula is C16H15Cl2FN2S. The summed E-state index contributed by atoms with van der Waals surface area (Å²) < 4.78 is 13.1. The molecule has 0 spiro atoms. The first kappa shape index (κ1) is 17.0. The van der Waals surface area contributed by atoms with Crippen LogP contribution in [0.25, 0.3) is 0 Å². The lowest BCUT2D eigenvalue weighted by Crippen LogP contribution is -2.35. The first-order chi connectivity index (χ1) is 10.5. The fraction of sp³-hybridized carbons (Fsp3) is 0.188. The molecule has 0 aliphatic rings. The maximum absolute atomic E-state index is 13.1. The molecule has 116 valence electrons. The van der Waals surface area contributed by atoms with Crippen LogP contribution in [0, 0.1) is 5.82 Å². The number of thiocarbonyl (C=S) groups is 1. The summed E-state index contributed by atoms with van der Waals surface area (Å²) in [5, 5.41) is 7.57. The Hall–Kier alpha value is -1.36. The number of rotatable bonds is 5. The first-order valence-electron chi connectivity index (χ1n) is 6.74. The number of benzene rings is 2. The third-order valence-corrected chi connectivity index (χ3v) is 3.88. The summed E-state index contributed by atoms with van der Waals surface area (Å²) in [5.41, 5.74) is 2.05. The standard InChI is InChI=1S/C16H15Cl2FN2S/c17-13-4-1-11(2-5-13)7-8-20-16(22)21-10-12-3-6-15(19)14(18)9-12/h1-6,9H,7-8,10H2,(H2,20,21,22). The van der Waals surface area contributed by atoms with Crippen LogP contribution in [-0.4, -0.2) is 11.7 Å². The minimum absolute atomic E-state index is 0.112. The molecule has 0 radical (unpaired) electrons. The highest BCUT2D eigenvalue weighted by atomic mass is 35.5. The van der Waals surface area contributed by atoms with Crippen molar-refractivity contribution in [1.29, 1.82) is 0 Å². The molecule has 0 aromatic heterocycles. The van der Waals surface area contributed by atoms with Crippen molar-refractivity contribution >= 4 is 40.5 Å². The van der Waals surface area contributed by atoms with E-state index in [0.29, 0.717) is 11.7 Å². The van der Waals surface area contributed by atoms with Crippen molar-refractivity contribution in [3.8, 4) is 0 Å². The van der Waals surface area contributed by atoms with E-state index in [1.165, 1.54) is 11.6 Å². The van der Waals surface area contributed by atoms with Crippen molar-refractivity contribution in [1.82, 2.24) is 10.6 Å². The van der Waals surface area contributed by atoms with Gasteiger partial charge in [0.15, 0.2) is 5.11 Å². The van der Waals surface area contributed by atoms with Crippen LogP contribution in [0.4, 0.5) is 4.39 Å². The van der Waals surface area contributed by atoms with E-state index in [1.807, 2.05) is 24.3 Å². The molecule has 22 heavy (non-hydrogen) atoms. The van der Waals surface area contributed by atoms with Crippen molar-refractivity contribution in [3.05, 3.63) is 69.5 Å². The van der Waals surface area contributed by atoms with Crippen LogP contribution in [0.1, 0.15) is 11.1 Å². The lowest BCUT2D eigenvalue weighted by molar-refractivity contribution is 0.627. The number of hydrogen-bond acceptors (Lipinski definition) is 1. The van der Waals surface area contributed by atoms with E-state index in [9.17, 15) is 4.39 Å². The summed E-state index contributed by atoms with van der Waals surface area (Å²) in [6.07, 6.45) is 0.849. The highest BCUT2D eigenvalue weighted by Gasteiger charge is 2.02. The largest absolute Gasteiger partial charge is 0.362 e. The molecule has 0 fully saturated rings. The zero-order valence-electron chi connectivity index (χ0n) is 11.7. The monoisotopic (exact) mass is 356 g/mol. The minimum atomic E-state index is -0.422. The summed E-state index contributed by atoms with van der Waals surface area (Å²) >= 11 is 16.8. The van der Waals surface area contributed by atoms with Crippen molar-refractivity contribution in [2.45, 2.75) is 13.0 Å². The Morgan fingerprint density at radius 3 is 2.36 bits per heavy atom. The quantitative estimate of drug-likeness (QED) is 0.779. The van der Waals surface area contributed by atoms with Crippen LogP contribution in [0.2, 0.25) is 10.0 Å². The molecule has 0 aliphatic carbocycles. The molecule has 0 saturated carbocycles. The molecular weight excluding hydrogens is 342 g/mol. The molecule has 0 amide bonds. The molecule has 0 saturated heterocycles. The lowest BCUT2D eigenvalue weighted by atomic mass is 10.1. The lowest BCUT2D eigenvalue weighted by Gasteiger charge is -2.11. The molecule has 0 unspecified atom stereocenters. The number of hydrogen-bond donors (Lipinski definition) is 2. The van der Waals surface area contributed by atoms with Gasteiger partial charge in [0.2, 0.25) is 0 Å². The topological polar surface area (TPSA) is 24.1 Å². The highest BCUT2D eigenvalue weighted by Crippen LogP contribution is 2.15. The van der Waals surface area contributed by atoms with E-state index in [4.69, 9.17) is 35.4 Å². The fourth-order valence-corrected chi connectivity index (χ4v) is 2.37. The maximum Gasteiger partial charge on any atom is 0.166 e. The molecule has 2 aromatic rings. The second-order valence-electron chi connectivity index (χ2n) is 4.73. The van der Waals surface area contributed by atoms with Crippen LogP contribution in [0.15, 0.2) is 42.5 Å². The van der Waals surface area contributed by atoms with Crippen LogP contribution >= 0.6 is 35.4 Å². The Labute approximate surface area is 144 Å². The summed E-state index contributed by atoms with van der Waals surface area (Å²) in [5.74, 6) is -0.422. The van der Waals surface area contributed by atoms with Crippen LogP contribution in [0.5, 0.6) is 0 Å². The molecule has 0 aliphatic heterocycles. The molecule has 2 rings (SSSR count). The Morgan fingerprint density at radius 2 is 1.68 bits per heavy atom. The molecule has 0 heterocycles. The van der Waals surface area contributed by atoms with Gasteiger partial charge in [-0.1, -0.05) is 41.4 Å². The molecule has 0 bridgehead atoms. The van der Waals surface area contributed by atoms with E-state index in [0.717, 1.165) is 23.6 Å². The summed E-state index contributed by atoms with van der Waals surface area (Å²) in [7, 11) is 0. The smallest absolute Gasteiger partial charge is 0.166 e. The van der Waals surface area contributed by atoms with Gasteiger partial charge in [-0.2, -0.15) is 0 Å². The number of nitrogens with one attached hydrogen (secondary N) is 2. The van der Waals surface area contributed by atoms with Crippen LogP contribution in [0.3, 0.4) is 0 Å². The summed E-state index contributed by atoms with van der Waals surface area (Å²) in [4.78, 5) is 0. The van der Waals surface area contributed by atoms with Crippen molar-refractivity contribution in [2.24, 2.45) is 0 Å². The molecule has 2 nitrogen and oxygen atoms in total. The fourth-order valence-electron chi connectivity index (χ4n) is 1.87. The maximum atomic E-state index is 13.1. The molecule has 2 N–H and O–H groups in total. The zero-order chi connectivity index (χ0) is 15.9. The van der Waals surface area contributed by atoms with Gasteiger partial charge in [0, 0.05) is 18.1 Å².